The molecule has 29 heavy (non-hydrogen) atoms. The first kappa shape index (κ1) is 20.6. The minimum absolute atomic E-state index is 0.0204. The van der Waals surface area contributed by atoms with Crippen LogP contribution in [0.15, 0.2) is 27.8 Å². The van der Waals surface area contributed by atoms with Crippen molar-refractivity contribution in [1.82, 2.24) is 18.7 Å². The van der Waals surface area contributed by atoms with Gasteiger partial charge in [-0.25, -0.2) is 9.18 Å². The molecule has 0 spiro atoms. The number of anilines is 1. The third-order valence-corrected chi connectivity index (χ3v) is 4.42. The topological polar surface area (TPSA) is 94.1 Å². The number of aryl methyl sites for hydroxylation is 1. The monoisotopic (exact) mass is 415 g/mol. The number of imidazole rings is 1. The largest absolute Gasteiger partial charge is 0.419 e. The summed E-state index contributed by atoms with van der Waals surface area (Å²) in [5.41, 5.74) is -2.66. The molecule has 0 radical (unpaired) electrons. The first-order valence-electron chi connectivity index (χ1n) is 8.43. The molecule has 0 aliphatic carbocycles. The molecule has 3 aromatic rings. The molecule has 0 amide bonds. The minimum Gasteiger partial charge on any atom is -0.395 e. The van der Waals surface area contributed by atoms with E-state index in [1.807, 2.05) is 0 Å². The number of nitrogens with zero attached hydrogens (tertiary/aromatic N) is 4. The summed E-state index contributed by atoms with van der Waals surface area (Å²) in [6.07, 6.45) is -4.88. The summed E-state index contributed by atoms with van der Waals surface area (Å²) in [7, 11) is 2.67. The Morgan fingerprint density at radius 2 is 1.86 bits per heavy atom. The van der Waals surface area contributed by atoms with Crippen LogP contribution in [0, 0.1) is 5.82 Å². The van der Waals surface area contributed by atoms with Gasteiger partial charge < -0.3 is 10.4 Å². The smallest absolute Gasteiger partial charge is 0.395 e. The van der Waals surface area contributed by atoms with Crippen LogP contribution in [0.3, 0.4) is 0 Å². The SMILES string of the molecule is Cn1c(=O)c2c(nc(NCCO)n2Cc2ccc(F)c(C(F)(F)F)c2)n(C)c1=O. The fourth-order valence-corrected chi connectivity index (χ4v) is 2.97. The van der Waals surface area contributed by atoms with Gasteiger partial charge in [-0.15, -0.1) is 0 Å². The lowest BCUT2D eigenvalue weighted by molar-refractivity contribution is -0.140. The van der Waals surface area contributed by atoms with Gasteiger partial charge in [0.1, 0.15) is 5.82 Å². The molecule has 0 aliphatic heterocycles. The molecule has 0 saturated heterocycles. The zero-order valence-corrected chi connectivity index (χ0v) is 15.4. The Hall–Kier alpha value is -3.15. The Labute approximate surface area is 160 Å². The summed E-state index contributed by atoms with van der Waals surface area (Å²) in [5.74, 6) is -1.33. The van der Waals surface area contributed by atoms with E-state index < -0.39 is 28.8 Å². The molecule has 2 aromatic heterocycles. The molecule has 12 heteroatoms. The zero-order valence-electron chi connectivity index (χ0n) is 15.4. The Bertz CT molecular complexity index is 1190. The number of rotatable bonds is 5. The molecule has 0 atom stereocenters. The van der Waals surface area contributed by atoms with Crippen molar-refractivity contribution in [2.75, 3.05) is 18.5 Å². The number of aliphatic hydroxyl groups excluding tert-OH is 1. The molecule has 2 heterocycles. The van der Waals surface area contributed by atoms with Crippen LogP contribution in [0.1, 0.15) is 11.1 Å². The predicted molar refractivity (Wildman–Crippen MR) is 96.3 cm³/mol. The Morgan fingerprint density at radius 3 is 2.48 bits per heavy atom. The maximum Gasteiger partial charge on any atom is 0.419 e. The number of benzene rings is 1. The molecule has 3 rings (SSSR count). The molecular weight excluding hydrogens is 398 g/mol. The van der Waals surface area contributed by atoms with E-state index in [0.29, 0.717) is 12.1 Å². The summed E-state index contributed by atoms with van der Waals surface area (Å²) in [4.78, 5) is 29.0. The van der Waals surface area contributed by atoms with Gasteiger partial charge >= 0.3 is 11.9 Å². The van der Waals surface area contributed by atoms with E-state index in [0.717, 1.165) is 9.13 Å². The fraction of sp³-hybridized carbons (Fsp3) is 0.353. The van der Waals surface area contributed by atoms with Crippen molar-refractivity contribution in [2.45, 2.75) is 12.7 Å². The van der Waals surface area contributed by atoms with Crippen LogP contribution < -0.4 is 16.6 Å². The first-order valence-corrected chi connectivity index (χ1v) is 8.43. The third kappa shape index (κ3) is 3.62. The lowest BCUT2D eigenvalue weighted by Crippen LogP contribution is -2.37. The summed E-state index contributed by atoms with van der Waals surface area (Å²) >= 11 is 0. The van der Waals surface area contributed by atoms with Gasteiger partial charge in [-0.05, 0) is 17.7 Å². The predicted octanol–water partition coefficient (Wildman–Crippen LogP) is 1.04. The van der Waals surface area contributed by atoms with Gasteiger partial charge in [-0.3, -0.25) is 18.5 Å². The first-order chi connectivity index (χ1) is 13.6. The summed E-state index contributed by atoms with van der Waals surface area (Å²) in [5, 5.41) is 11.8. The second-order valence-electron chi connectivity index (χ2n) is 6.36. The van der Waals surface area contributed by atoms with Crippen molar-refractivity contribution in [3.8, 4) is 0 Å². The van der Waals surface area contributed by atoms with Crippen molar-refractivity contribution in [1.29, 1.82) is 0 Å². The van der Waals surface area contributed by atoms with E-state index in [1.165, 1.54) is 24.7 Å². The van der Waals surface area contributed by atoms with E-state index in [2.05, 4.69) is 10.3 Å². The van der Waals surface area contributed by atoms with Crippen LogP contribution in [-0.4, -0.2) is 36.9 Å². The normalized spacial score (nSPS) is 12.0. The molecule has 8 nitrogen and oxygen atoms in total. The van der Waals surface area contributed by atoms with Crippen molar-refractivity contribution in [3.05, 3.63) is 56.0 Å². The Balaban J connectivity index is 2.23. The lowest BCUT2D eigenvalue weighted by Gasteiger charge is -2.13. The van der Waals surface area contributed by atoms with Gasteiger partial charge in [0.15, 0.2) is 11.2 Å². The van der Waals surface area contributed by atoms with Crippen molar-refractivity contribution < 1.29 is 22.7 Å². The molecule has 2 N–H and O–H groups in total. The highest BCUT2D eigenvalue weighted by atomic mass is 19.4. The molecule has 0 bridgehead atoms. The molecule has 1 aromatic carbocycles. The van der Waals surface area contributed by atoms with Crippen LogP contribution >= 0.6 is 0 Å². The van der Waals surface area contributed by atoms with E-state index >= 15 is 0 Å². The second kappa shape index (κ2) is 7.35. The summed E-state index contributed by atoms with van der Waals surface area (Å²) in [6.45, 7) is -0.467. The molecule has 0 aliphatic rings. The molecule has 0 fully saturated rings. The van der Waals surface area contributed by atoms with Crippen LogP contribution in [0.2, 0.25) is 0 Å². The number of aromatic nitrogens is 4. The zero-order chi connectivity index (χ0) is 21.5. The Kier molecular flexibility index (Phi) is 5.22. The van der Waals surface area contributed by atoms with Gasteiger partial charge in [0.05, 0.1) is 18.7 Å². The number of aliphatic hydroxyl groups is 1. The van der Waals surface area contributed by atoms with E-state index in [4.69, 9.17) is 5.11 Å². The van der Waals surface area contributed by atoms with E-state index in [1.54, 1.807) is 0 Å². The summed E-state index contributed by atoms with van der Waals surface area (Å²) < 4.78 is 55.9. The molecule has 0 unspecified atom stereocenters. The van der Waals surface area contributed by atoms with Gasteiger partial charge in [0, 0.05) is 20.6 Å². The highest BCUT2D eigenvalue weighted by molar-refractivity contribution is 5.74. The maximum absolute atomic E-state index is 13.6. The molecule has 0 saturated carbocycles. The fourth-order valence-electron chi connectivity index (χ4n) is 2.97. The summed E-state index contributed by atoms with van der Waals surface area (Å²) in [6, 6.07) is 2.52. The molecule has 156 valence electrons. The van der Waals surface area contributed by atoms with Crippen LogP contribution in [0.25, 0.3) is 11.2 Å². The molecular formula is C17H17F4N5O3. The number of alkyl halides is 3. The third-order valence-electron chi connectivity index (χ3n) is 4.42. The lowest BCUT2D eigenvalue weighted by atomic mass is 10.1. The number of nitrogens with one attached hydrogen (secondary N) is 1. The quantitative estimate of drug-likeness (QED) is 0.608. The minimum atomic E-state index is -4.88. The maximum atomic E-state index is 13.6. The van der Waals surface area contributed by atoms with Crippen molar-refractivity contribution in [3.63, 3.8) is 0 Å². The average molecular weight is 415 g/mol. The second-order valence-corrected chi connectivity index (χ2v) is 6.36. The van der Waals surface area contributed by atoms with Crippen molar-refractivity contribution >= 4 is 17.1 Å². The number of hydrogen-bond donors (Lipinski definition) is 2. The van der Waals surface area contributed by atoms with Gasteiger partial charge in [0.2, 0.25) is 5.95 Å². The van der Waals surface area contributed by atoms with Crippen LogP contribution in [0.4, 0.5) is 23.5 Å². The van der Waals surface area contributed by atoms with Gasteiger partial charge in [-0.1, -0.05) is 6.07 Å². The van der Waals surface area contributed by atoms with E-state index in [-0.39, 0.29) is 42.4 Å². The van der Waals surface area contributed by atoms with Crippen LogP contribution in [-0.2, 0) is 26.8 Å². The highest BCUT2D eigenvalue weighted by Crippen LogP contribution is 2.32. The average Bonchev–Trinajstić information content (AvgIpc) is 3.02. The van der Waals surface area contributed by atoms with Gasteiger partial charge in [0.25, 0.3) is 5.56 Å². The number of halogens is 4. The standard InChI is InChI=1S/C17H17F4N5O3/c1-24-13-12(14(28)25(2)16(24)29)26(15(23-13)22-5-6-27)8-9-3-4-11(18)10(7-9)17(19,20)21/h3-4,7,27H,5-6,8H2,1-2H3,(H,22,23). The van der Waals surface area contributed by atoms with Gasteiger partial charge in [-0.2, -0.15) is 18.2 Å². The van der Waals surface area contributed by atoms with Crippen LogP contribution in [0.5, 0.6) is 0 Å². The van der Waals surface area contributed by atoms with E-state index in [9.17, 15) is 27.2 Å². The number of fused-ring (bicyclic) bond motifs is 1. The van der Waals surface area contributed by atoms with Crippen molar-refractivity contribution in [2.24, 2.45) is 14.1 Å². The highest BCUT2D eigenvalue weighted by Gasteiger charge is 2.34. The Morgan fingerprint density at radius 1 is 1.17 bits per heavy atom. The number of hydrogen-bond acceptors (Lipinski definition) is 5.